The van der Waals surface area contributed by atoms with E-state index in [-0.39, 0.29) is 22.8 Å². The van der Waals surface area contributed by atoms with Crippen molar-refractivity contribution in [1.29, 1.82) is 0 Å². The molecule has 0 radical (unpaired) electrons. The van der Waals surface area contributed by atoms with Gasteiger partial charge in [0.1, 0.15) is 6.04 Å². The lowest BCUT2D eigenvalue weighted by Gasteiger charge is -2.21. The SMILES string of the molecule is CC(C)[C@H](NC(=O)c1ccccc1Cl)C(=O)OCC(=O)NCC1(c2ccccc2)CC1. The zero-order valence-corrected chi connectivity index (χ0v) is 18.4. The maximum Gasteiger partial charge on any atom is 0.329 e. The number of hydrogen-bond acceptors (Lipinski definition) is 4. The number of amides is 2. The second kappa shape index (κ2) is 9.96. The third kappa shape index (κ3) is 5.85. The van der Waals surface area contributed by atoms with Gasteiger partial charge < -0.3 is 15.4 Å². The van der Waals surface area contributed by atoms with Gasteiger partial charge in [0.2, 0.25) is 0 Å². The Balaban J connectivity index is 1.50. The molecule has 1 fully saturated rings. The van der Waals surface area contributed by atoms with Crippen LogP contribution in [0.4, 0.5) is 0 Å². The quantitative estimate of drug-likeness (QED) is 0.582. The molecule has 7 heteroatoms. The van der Waals surface area contributed by atoms with E-state index in [0.29, 0.717) is 11.6 Å². The number of esters is 1. The molecule has 6 nitrogen and oxygen atoms in total. The Labute approximate surface area is 187 Å². The van der Waals surface area contributed by atoms with E-state index in [0.717, 1.165) is 12.8 Å². The first-order valence-electron chi connectivity index (χ1n) is 10.4. The summed E-state index contributed by atoms with van der Waals surface area (Å²) in [6.45, 7) is 3.68. The van der Waals surface area contributed by atoms with Crippen LogP contribution >= 0.6 is 11.6 Å². The van der Waals surface area contributed by atoms with Crippen LogP contribution in [0.1, 0.15) is 42.6 Å². The van der Waals surface area contributed by atoms with Crippen LogP contribution in [0.5, 0.6) is 0 Å². The highest BCUT2D eigenvalue weighted by Gasteiger charge is 2.44. The Morgan fingerprint density at radius 2 is 1.68 bits per heavy atom. The number of nitrogens with one attached hydrogen (secondary N) is 2. The lowest BCUT2D eigenvalue weighted by atomic mass is 9.96. The second-order valence-corrected chi connectivity index (χ2v) is 8.61. The summed E-state index contributed by atoms with van der Waals surface area (Å²) in [4.78, 5) is 37.3. The van der Waals surface area contributed by atoms with Crippen molar-refractivity contribution >= 4 is 29.4 Å². The molecule has 31 heavy (non-hydrogen) atoms. The topological polar surface area (TPSA) is 84.5 Å². The molecule has 3 rings (SSSR count). The van der Waals surface area contributed by atoms with E-state index in [4.69, 9.17) is 16.3 Å². The fourth-order valence-electron chi connectivity index (χ4n) is 3.42. The van der Waals surface area contributed by atoms with E-state index in [1.807, 2.05) is 18.2 Å². The summed E-state index contributed by atoms with van der Waals surface area (Å²) >= 11 is 6.06. The van der Waals surface area contributed by atoms with Gasteiger partial charge in [-0.05, 0) is 36.5 Å². The summed E-state index contributed by atoms with van der Waals surface area (Å²) in [5.74, 6) is -1.72. The van der Waals surface area contributed by atoms with Crippen LogP contribution in [-0.2, 0) is 19.7 Å². The minimum Gasteiger partial charge on any atom is -0.454 e. The van der Waals surface area contributed by atoms with Crippen molar-refractivity contribution in [3.63, 3.8) is 0 Å². The van der Waals surface area contributed by atoms with Crippen molar-refractivity contribution in [1.82, 2.24) is 10.6 Å². The lowest BCUT2D eigenvalue weighted by molar-refractivity contribution is -0.151. The van der Waals surface area contributed by atoms with Gasteiger partial charge in [0.15, 0.2) is 6.61 Å². The fraction of sp³-hybridized carbons (Fsp3) is 0.375. The summed E-state index contributed by atoms with van der Waals surface area (Å²) in [6.07, 6.45) is 2.03. The Kier molecular flexibility index (Phi) is 7.33. The molecule has 0 aliphatic heterocycles. The molecule has 0 saturated heterocycles. The average Bonchev–Trinajstić information content (AvgIpc) is 3.56. The number of halogens is 1. The highest BCUT2D eigenvalue weighted by molar-refractivity contribution is 6.33. The maximum atomic E-state index is 12.5. The van der Waals surface area contributed by atoms with Crippen molar-refractivity contribution in [2.75, 3.05) is 13.2 Å². The van der Waals surface area contributed by atoms with Crippen LogP contribution in [0.3, 0.4) is 0 Å². The smallest absolute Gasteiger partial charge is 0.329 e. The summed E-state index contributed by atoms with van der Waals surface area (Å²) < 4.78 is 5.19. The number of rotatable bonds is 9. The molecule has 0 aromatic heterocycles. The number of ether oxygens (including phenoxy) is 1. The molecule has 1 atom stereocenters. The molecule has 2 aromatic carbocycles. The first-order valence-corrected chi connectivity index (χ1v) is 10.7. The van der Waals surface area contributed by atoms with Crippen molar-refractivity contribution in [2.45, 2.75) is 38.1 Å². The Morgan fingerprint density at radius 1 is 1.03 bits per heavy atom. The van der Waals surface area contributed by atoms with Crippen LogP contribution in [0.15, 0.2) is 54.6 Å². The predicted molar refractivity (Wildman–Crippen MR) is 119 cm³/mol. The van der Waals surface area contributed by atoms with Crippen LogP contribution < -0.4 is 10.6 Å². The minimum atomic E-state index is -0.893. The first kappa shape index (κ1) is 22.8. The molecule has 0 spiro atoms. The predicted octanol–water partition coefficient (Wildman–Crippen LogP) is 3.49. The Hall–Kier alpha value is -2.86. The van der Waals surface area contributed by atoms with Gasteiger partial charge in [-0.2, -0.15) is 0 Å². The van der Waals surface area contributed by atoms with Crippen LogP contribution in [0.2, 0.25) is 5.02 Å². The van der Waals surface area contributed by atoms with Gasteiger partial charge in [-0.1, -0.05) is 67.9 Å². The van der Waals surface area contributed by atoms with Crippen molar-refractivity contribution in [3.8, 4) is 0 Å². The number of benzene rings is 2. The molecular weight excluding hydrogens is 416 g/mol. The highest BCUT2D eigenvalue weighted by Crippen LogP contribution is 2.47. The zero-order chi connectivity index (χ0) is 22.4. The van der Waals surface area contributed by atoms with Crippen LogP contribution in [0, 0.1) is 5.92 Å². The molecule has 0 heterocycles. The maximum absolute atomic E-state index is 12.5. The van der Waals surface area contributed by atoms with Gasteiger partial charge in [-0.3, -0.25) is 9.59 Å². The molecule has 1 saturated carbocycles. The van der Waals surface area contributed by atoms with E-state index < -0.39 is 24.5 Å². The second-order valence-electron chi connectivity index (χ2n) is 8.21. The molecule has 2 N–H and O–H groups in total. The number of carbonyl (C=O) groups is 3. The summed E-state index contributed by atoms with van der Waals surface area (Å²) in [5.41, 5.74) is 1.45. The zero-order valence-electron chi connectivity index (χ0n) is 17.7. The molecule has 2 amide bonds. The van der Waals surface area contributed by atoms with Crippen molar-refractivity contribution < 1.29 is 19.1 Å². The third-order valence-corrected chi connectivity index (χ3v) is 5.86. The van der Waals surface area contributed by atoms with Crippen molar-refractivity contribution in [2.24, 2.45) is 5.92 Å². The third-order valence-electron chi connectivity index (χ3n) is 5.53. The van der Waals surface area contributed by atoms with Gasteiger partial charge in [0, 0.05) is 12.0 Å². The standard InChI is InChI=1S/C24H27ClN2O4/c1-16(2)21(27-22(29)18-10-6-7-11-19(18)25)23(30)31-14-20(28)26-15-24(12-13-24)17-8-4-3-5-9-17/h3-11,16,21H,12-15H2,1-2H3,(H,26,28)(H,27,29)/t21-/m0/s1. The number of carbonyl (C=O) groups excluding carboxylic acids is 3. The largest absolute Gasteiger partial charge is 0.454 e. The van der Waals surface area contributed by atoms with Gasteiger partial charge in [0.05, 0.1) is 10.6 Å². The van der Waals surface area contributed by atoms with E-state index >= 15 is 0 Å². The summed E-state index contributed by atoms with van der Waals surface area (Å²) in [5, 5.41) is 5.81. The summed E-state index contributed by atoms with van der Waals surface area (Å²) in [7, 11) is 0. The Bertz CT molecular complexity index is 942. The van der Waals surface area contributed by atoms with Gasteiger partial charge in [-0.25, -0.2) is 4.79 Å². The molecule has 164 valence electrons. The minimum absolute atomic E-state index is 0.0235. The van der Waals surface area contributed by atoms with E-state index in [1.54, 1.807) is 38.1 Å². The molecule has 2 aromatic rings. The van der Waals surface area contributed by atoms with Gasteiger partial charge >= 0.3 is 5.97 Å². The molecule has 1 aliphatic rings. The van der Waals surface area contributed by atoms with Crippen molar-refractivity contribution in [3.05, 3.63) is 70.7 Å². The van der Waals surface area contributed by atoms with Crippen LogP contribution in [0.25, 0.3) is 0 Å². The first-order chi connectivity index (χ1) is 14.8. The normalized spacial score (nSPS) is 15.1. The van der Waals surface area contributed by atoms with E-state index in [9.17, 15) is 14.4 Å². The average molecular weight is 443 g/mol. The van der Waals surface area contributed by atoms with Gasteiger partial charge in [-0.15, -0.1) is 0 Å². The molecule has 1 aliphatic carbocycles. The van der Waals surface area contributed by atoms with E-state index in [2.05, 4.69) is 22.8 Å². The Morgan fingerprint density at radius 3 is 2.29 bits per heavy atom. The lowest BCUT2D eigenvalue weighted by Crippen LogP contribution is -2.46. The van der Waals surface area contributed by atoms with Crippen LogP contribution in [-0.4, -0.2) is 37.0 Å². The summed E-state index contributed by atoms with van der Waals surface area (Å²) in [6, 6.07) is 15.8. The fourth-order valence-corrected chi connectivity index (χ4v) is 3.64. The number of hydrogen-bond donors (Lipinski definition) is 2. The van der Waals surface area contributed by atoms with E-state index in [1.165, 1.54) is 5.56 Å². The molecular formula is C24H27ClN2O4. The molecule has 0 unspecified atom stereocenters. The highest BCUT2D eigenvalue weighted by atomic mass is 35.5. The molecule has 0 bridgehead atoms. The van der Waals surface area contributed by atoms with Gasteiger partial charge in [0.25, 0.3) is 11.8 Å². The monoisotopic (exact) mass is 442 g/mol.